The van der Waals surface area contributed by atoms with Gasteiger partial charge in [-0.3, -0.25) is 0 Å². The Labute approximate surface area is 118 Å². The van der Waals surface area contributed by atoms with Gasteiger partial charge in [-0.15, -0.1) is 0 Å². The highest BCUT2D eigenvalue weighted by Crippen LogP contribution is 2.24. The molecule has 0 atom stereocenters. The van der Waals surface area contributed by atoms with Crippen molar-refractivity contribution in [3.05, 3.63) is 11.2 Å². The fraction of sp³-hybridized carbons (Fsp3) is 0.667. The third kappa shape index (κ3) is 3.28. The van der Waals surface area contributed by atoms with Crippen LogP contribution in [0.5, 0.6) is 0 Å². The van der Waals surface area contributed by atoms with Gasteiger partial charge in [-0.05, 0) is 33.2 Å². The van der Waals surface area contributed by atoms with E-state index in [1.54, 1.807) is 0 Å². The summed E-state index contributed by atoms with van der Waals surface area (Å²) in [6, 6.07) is 2.54. The Hall–Kier alpha value is -0.520. The summed E-state index contributed by atoms with van der Waals surface area (Å²) in [7, 11) is 4.29. The predicted molar refractivity (Wildman–Crippen MR) is 77.7 cm³/mol. The minimum absolute atomic E-state index is 0.527. The summed E-state index contributed by atoms with van der Waals surface area (Å²) in [5.41, 5.74) is 0. The minimum atomic E-state index is 0.527. The third-order valence-corrected chi connectivity index (χ3v) is 4.10. The Morgan fingerprint density at radius 2 is 2.00 bits per heavy atom. The first kappa shape index (κ1) is 13.9. The molecule has 0 aromatic carbocycles. The van der Waals surface area contributed by atoms with Crippen molar-refractivity contribution in [2.75, 3.05) is 38.3 Å². The van der Waals surface area contributed by atoms with E-state index >= 15 is 0 Å². The molecule has 18 heavy (non-hydrogen) atoms. The van der Waals surface area contributed by atoms with Crippen molar-refractivity contribution in [2.24, 2.45) is 0 Å². The second-order valence-corrected chi connectivity index (χ2v) is 5.88. The number of rotatable bonds is 3. The van der Waals surface area contributed by atoms with Crippen LogP contribution in [0.15, 0.2) is 11.2 Å². The molecule has 100 valence electrons. The summed E-state index contributed by atoms with van der Waals surface area (Å²) in [5.74, 6) is 0.955. The van der Waals surface area contributed by atoms with Crippen LogP contribution in [0.4, 0.5) is 5.82 Å². The van der Waals surface area contributed by atoms with Crippen LogP contribution < -0.4 is 4.90 Å². The van der Waals surface area contributed by atoms with Gasteiger partial charge in [0, 0.05) is 25.2 Å². The summed E-state index contributed by atoms with van der Waals surface area (Å²) in [4.78, 5) is 13.3. The van der Waals surface area contributed by atoms with Gasteiger partial charge in [0.2, 0.25) is 0 Å². The number of aromatic nitrogens is 2. The van der Waals surface area contributed by atoms with E-state index in [-0.39, 0.29) is 0 Å². The number of thioether (sulfide) groups is 1. The van der Waals surface area contributed by atoms with E-state index in [9.17, 15) is 0 Å². The maximum absolute atomic E-state index is 6.03. The SMILES string of the molecule is CSc1nc(Cl)cc(N2CCC(N(C)C)CC2)n1. The van der Waals surface area contributed by atoms with Crippen LogP contribution in [-0.4, -0.2) is 54.4 Å². The molecule has 1 saturated heterocycles. The van der Waals surface area contributed by atoms with Gasteiger partial charge >= 0.3 is 0 Å². The lowest BCUT2D eigenvalue weighted by Gasteiger charge is -2.35. The topological polar surface area (TPSA) is 32.3 Å². The van der Waals surface area contributed by atoms with Crippen LogP contribution in [-0.2, 0) is 0 Å². The largest absolute Gasteiger partial charge is 0.356 e. The fourth-order valence-electron chi connectivity index (χ4n) is 2.25. The molecular weight excluding hydrogens is 268 g/mol. The predicted octanol–water partition coefficient (Wildman–Crippen LogP) is 2.38. The summed E-state index contributed by atoms with van der Waals surface area (Å²) < 4.78 is 0. The molecule has 1 fully saturated rings. The Bertz CT molecular complexity index is 405. The van der Waals surface area contributed by atoms with Gasteiger partial charge < -0.3 is 9.80 Å². The molecule has 0 N–H and O–H groups in total. The molecule has 0 bridgehead atoms. The fourth-order valence-corrected chi connectivity index (χ4v) is 2.85. The second kappa shape index (κ2) is 6.08. The maximum Gasteiger partial charge on any atom is 0.190 e. The Kier molecular flexibility index (Phi) is 4.70. The van der Waals surface area contributed by atoms with Gasteiger partial charge in [0.05, 0.1) is 0 Å². The first-order valence-electron chi connectivity index (χ1n) is 6.10. The van der Waals surface area contributed by atoms with Crippen LogP contribution in [0.1, 0.15) is 12.8 Å². The molecule has 0 saturated carbocycles. The lowest BCUT2D eigenvalue weighted by molar-refractivity contribution is 0.249. The van der Waals surface area contributed by atoms with Crippen molar-refractivity contribution in [1.82, 2.24) is 14.9 Å². The molecule has 6 heteroatoms. The molecule has 2 rings (SSSR count). The number of hydrogen-bond donors (Lipinski definition) is 0. The highest BCUT2D eigenvalue weighted by Gasteiger charge is 2.22. The highest BCUT2D eigenvalue weighted by molar-refractivity contribution is 7.98. The Morgan fingerprint density at radius 3 is 2.56 bits per heavy atom. The zero-order valence-corrected chi connectivity index (χ0v) is 12.6. The molecule has 1 aromatic heterocycles. The molecule has 0 unspecified atom stereocenters. The smallest absolute Gasteiger partial charge is 0.190 e. The first-order valence-corrected chi connectivity index (χ1v) is 7.70. The Morgan fingerprint density at radius 1 is 1.33 bits per heavy atom. The van der Waals surface area contributed by atoms with Gasteiger partial charge in [-0.2, -0.15) is 0 Å². The van der Waals surface area contributed by atoms with Gasteiger partial charge in [0.25, 0.3) is 0 Å². The average molecular weight is 287 g/mol. The molecule has 2 heterocycles. The molecule has 1 aromatic rings. The zero-order valence-electron chi connectivity index (χ0n) is 11.1. The second-order valence-electron chi connectivity index (χ2n) is 4.72. The molecule has 0 aliphatic carbocycles. The van der Waals surface area contributed by atoms with E-state index in [2.05, 4.69) is 33.9 Å². The van der Waals surface area contributed by atoms with E-state index in [4.69, 9.17) is 11.6 Å². The lowest BCUT2D eigenvalue weighted by atomic mass is 10.0. The quantitative estimate of drug-likeness (QED) is 0.484. The summed E-state index contributed by atoms with van der Waals surface area (Å²) in [6.07, 6.45) is 4.31. The van der Waals surface area contributed by atoms with E-state index in [0.29, 0.717) is 11.2 Å². The summed E-state index contributed by atoms with van der Waals surface area (Å²) in [5, 5.41) is 1.27. The summed E-state index contributed by atoms with van der Waals surface area (Å²) >= 11 is 7.55. The van der Waals surface area contributed by atoms with Crippen molar-refractivity contribution in [3.63, 3.8) is 0 Å². The molecule has 1 aliphatic heterocycles. The maximum atomic E-state index is 6.03. The number of anilines is 1. The van der Waals surface area contributed by atoms with Crippen LogP contribution in [0.2, 0.25) is 5.15 Å². The van der Waals surface area contributed by atoms with Crippen LogP contribution in [0, 0.1) is 0 Å². The van der Waals surface area contributed by atoms with Crippen LogP contribution in [0.25, 0.3) is 0 Å². The van der Waals surface area contributed by atoms with Gasteiger partial charge in [0.1, 0.15) is 11.0 Å². The van der Waals surface area contributed by atoms with Gasteiger partial charge in [-0.1, -0.05) is 23.4 Å². The normalized spacial score (nSPS) is 17.5. The van der Waals surface area contributed by atoms with Crippen molar-refractivity contribution < 1.29 is 0 Å². The molecule has 0 spiro atoms. The molecular formula is C12H19ClN4S. The summed E-state index contributed by atoms with van der Waals surface area (Å²) in [6.45, 7) is 2.06. The first-order chi connectivity index (χ1) is 8.60. The Balaban J connectivity index is 2.07. The third-order valence-electron chi connectivity index (χ3n) is 3.36. The molecule has 1 aliphatic rings. The van der Waals surface area contributed by atoms with Crippen molar-refractivity contribution in [3.8, 4) is 0 Å². The van der Waals surface area contributed by atoms with Crippen molar-refractivity contribution >= 4 is 29.2 Å². The van der Waals surface area contributed by atoms with Crippen molar-refractivity contribution in [2.45, 2.75) is 24.0 Å². The lowest BCUT2D eigenvalue weighted by Crippen LogP contribution is -2.42. The van der Waals surface area contributed by atoms with Crippen molar-refractivity contribution in [1.29, 1.82) is 0 Å². The number of hydrogen-bond acceptors (Lipinski definition) is 5. The van der Waals surface area contributed by atoms with E-state index in [0.717, 1.165) is 24.1 Å². The number of halogens is 1. The molecule has 0 radical (unpaired) electrons. The number of piperidine rings is 1. The number of nitrogens with zero attached hydrogens (tertiary/aromatic N) is 4. The average Bonchev–Trinajstić information content (AvgIpc) is 2.38. The van der Waals surface area contributed by atoms with Gasteiger partial charge in [0.15, 0.2) is 5.16 Å². The van der Waals surface area contributed by atoms with Gasteiger partial charge in [-0.25, -0.2) is 9.97 Å². The molecule has 4 nitrogen and oxygen atoms in total. The van der Waals surface area contributed by atoms with E-state index in [1.165, 1.54) is 24.6 Å². The minimum Gasteiger partial charge on any atom is -0.356 e. The zero-order chi connectivity index (χ0) is 13.1. The highest BCUT2D eigenvalue weighted by atomic mass is 35.5. The van der Waals surface area contributed by atoms with Crippen LogP contribution >= 0.6 is 23.4 Å². The van der Waals surface area contributed by atoms with E-state index < -0.39 is 0 Å². The standard InChI is InChI=1S/C12H19ClN4S/c1-16(2)9-4-6-17(7-5-9)11-8-10(13)14-12(15-11)18-3/h8-9H,4-7H2,1-3H3. The molecule has 0 amide bonds. The monoisotopic (exact) mass is 286 g/mol. The van der Waals surface area contributed by atoms with Crippen LogP contribution in [0.3, 0.4) is 0 Å². The van der Waals surface area contributed by atoms with E-state index in [1.807, 2.05) is 12.3 Å².